The van der Waals surface area contributed by atoms with Crippen LogP contribution in [0.15, 0.2) is 24.4 Å². The van der Waals surface area contributed by atoms with E-state index in [4.69, 9.17) is 0 Å². The normalized spacial score (nSPS) is 15.9. The lowest BCUT2D eigenvalue weighted by atomic mass is 9.97. The fourth-order valence-corrected chi connectivity index (χ4v) is 3.01. The van der Waals surface area contributed by atoms with Crippen LogP contribution in [0.3, 0.4) is 0 Å². The van der Waals surface area contributed by atoms with Gasteiger partial charge >= 0.3 is 0 Å². The number of fused-ring (bicyclic) bond motifs is 1. The molecule has 2 heterocycles. The first-order valence-corrected chi connectivity index (χ1v) is 7.61. The van der Waals surface area contributed by atoms with E-state index in [2.05, 4.69) is 41.3 Å². The molecule has 0 radical (unpaired) electrons. The van der Waals surface area contributed by atoms with Gasteiger partial charge in [0, 0.05) is 25.8 Å². The first-order valence-electron chi connectivity index (χ1n) is 7.61. The van der Waals surface area contributed by atoms with Crippen LogP contribution in [-0.2, 0) is 13.0 Å². The summed E-state index contributed by atoms with van der Waals surface area (Å²) in [4.78, 5) is 2.28. The quantitative estimate of drug-likeness (QED) is 0.935. The Morgan fingerprint density at radius 3 is 3.05 bits per heavy atom. The third-order valence-corrected chi connectivity index (χ3v) is 4.13. The molecular weight excluding hydrogens is 264 g/mol. The molecule has 112 valence electrons. The molecule has 1 N–H and O–H groups in total. The zero-order chi connectivity index (χ0) is 14.8. The van der Waals surface area contributed by atoms with Gasteiger partial charge in [-0.2, -0.15) is 0 Å². The van der Waals surface area contributed by atoms with Crippen molar-refractivity contribution in [2.45, 2.75) is 38.8 Å². The lowest BCUT2D eigenvalue weighted by molar-refractivity contribution is 0.207. The number of hydrogen-bond donors (Lipinski definition) is 1. The monoisotopic (exact) mass is 286 g/mol. The third-order valence-electron chi connectivity index (χ3n) is 4.13. The third kappa shape index (κ3) is 2.65. The predicted octanol–water partition coefficient (Wildman–Crippen LogP) is 2.15. The van der Waals surface area contributed by atoms with Crippen molar-refractivity contribution >= 4 is 5.69 Å². The van der Waals surface area contributed by atoms with Crippen LogP contribution in [0.25, 0.3) is 0 Å². The molecule has 0 aliphatic carbocycles. The van der Waals surface area contributed by atoms with Crippen molar-refractivity contribution < 1.29 is 5.11 Å². The van der Waals surface area contributed by atoms with Gasteiger partial charge in [0.1, 0.15) is 6.10 Å². The van der Waals surface area contributed by atoms with Crippen LogP contribution in [0.1, 0.15) is 42.7 Å². The fraction of sp³-hybridized carbons (Fsp3) is 0.500. The predicted molar refractivity (Wildman–Crippen MR) is 82.4 cm³/mol. The van der Waals surface area contributed by atoms with Gasteiger partial charge in [-0.25, -0.2) is 4.68 Å². The first-order chi connectivity index (χ1) is 10.2. The average Bonchev–Trinajstić information content (AvgIpc) is 2.95. The Morgan fingerprint density at radius 2 is 2.24 bits per heavy atom. The Balaban J connectivity index is 1.91. The Labute approximate surface area is 125 Å². The molecule has 5 nitrogen and oxygen atoms in total. The van der Waals surface area contributed by atoms with Gasteiger partial charge in [0.15, 0.2) is 0 Å². The average molecular weight is 286 g/mol. The van der Waals surface area contributed by atoms with E-state index in [1.54, 1.807) is 10.9 Å². The van der Waals surface area contributed by atoms with Crippen LogP contribution in [0.4, 0.5) is 5.69 Å². The minimum absolute atomic E-state index is 0.663. The minimum atomic E-state index is -0.663. The number of benzene rings is 1. The Morgan fingerprint density at radius 1 is 1.38 bits per heavy atom. The van der Waals surface area contributed by atoms with Crippen LogP contribution in [-0.4, -0.2) is 33.7 Å². The van der Waals surface area contributed by atoms with Crippen molar-refractivity contribution in [3.05, 3.63) is 41.2 Å². The highest BCUT2D eigenvalue weighted by atomic mass is 16.3. The number of anilines is 1. The van der Waals surface area contributed by atoms with Gasteiger partial charge in [-0.1, -0.05) is 24.3 Å². The van der Waals surface area contributed by atoms with Crippen LogP contribution < -0.4 is 4.90 Å². The lowest BCUT2D eigenvalue weighted by Gasteiger charge is -2.28. The summed E-state index contributed by atoms with van der Waals surface area (Å²) in [6, 6.07) is 6.24. The number of rotatable bonds is 4. The van der Waals surface area contributed by atoms with Gasteiger partial charge in [0.2, 0.25) is 0 Å². The largest absolute Gasteiger partial charge is 0.382 e. The van der Waals surface area contributed by atoms with E-state index in [9.17, 15) is 5.11 Å². The Bertz CT molecular complexity index is 622. The summed E-state index contributed by atoms with van der Waals surface area (Å²) in [5.74, 6) is 0. The molecule has 5 heteroatoms. The van der Waals surface area contributed by atoms with Crippen molar-refractivity contribution in [3.63, 3.8) is 0 Å². The topological polar surface area (TPSA) is 54.2 Å². The van der Waals surface area contributed by atoms with Crippen LogP contribution in [0.2, 0.25) is 0 Å². The van der Waals surface area contributed by atoms with E-state index < -0.39 is 6.10 Å². The van der Waals surface area contributed by atoms with E-state index >= 15 is 0 Å². The second-order valence-corrected chi connectivity index (χ2v) is 5.70. The van der Waals surface area contributed by atoms with Gasteiger partial charge in [-0.05, 0) is 36.5 Å². The summed E-state index contributed by atoms with van der Waals surface area (Å²) in [6.07, 6.45) is 4.21. The molecule has 0 saturated heterocycles. The van der Waals surface area contributed by atoms with E-state index in [1.807, 2.05) is 6.07 Å². The molecule has 2 aromatic rings. The van der Waals surface area contributed by atoms with Crippen LogP contribution >= 0.6 is 0 Å². The SMILES string of the molecule is CCCn1nncc1C(O)c1ccc2c(c1)CCCN2C. The standard InChI is InChI=1S/C16H22N4O/c1-3-8-20-15(11-17-18-20)16(21)13-6-7-14-12(10-13)5-4-9-19(14)2/h6-7,10-11,16,21H,3-5,8-9H2,1-2H3. The molecule has 1 aromatic carbocycles. The summed E-state index contributed by atoms with van der Waals surface area (Å²) < 4.78 is 1.79. The van der Waals surface area contributed by atoms with E-state index in [1.165, 1.54) is 17.7 Å². The molecule has 21 heavy (non-hydrogen) atoms. The highest BCUT2D eigenvalue weighted by Crippen LogP contribution is 2.30. The van der Waals surface area contributed by atoms with Gasteiger partial charge in [0.25, 0.3) is 0 Å². The molecule has 1 aromatic heterocycles. The highest BCUT2D eigenvalue weighted by Gasteiger charge is 2.19. The molecule has 1 atom stereocenters. The van der Waals surface area contributed by atoms with Gasteiger partial charge < -0.3 is 10.0 Å². The molecule has 1 aliphatic heterocycles. The molecular formula is C16H22N4O. The Hall–Kier alpha value is -1.88. The minimum Gasteiger partial charge on any atom is -0.382 e. The first kappa shape index (κ1) is 14.1. The van der Waals surface area contributed by atoms with Crippen LogP contribution in [0, 0.1) is 0 Å². The second kappa shape index (κ2) is 5.85. The highest BCUT2D eigenvalue weighted by molar-refractivity contribution is 5.56. The van der Waals surface area contributed by atoms with Gasteiger partial charge in [-0.3, -0.25) is 0 Å². The van der Waals surface area contributed by atoms with Crippen LogP contribution in [0.5, 0.6) is 0 Å². The van der Waals surface area contributed by atoms with E-state index in [-0.39, 0.29) is 0 Å². The molecule has 3 rings (SSSR count). The zero-order valence-corrected chi connectivity index (χ0v) is 12.7. The number of aromatic nitrogens is 3. The molecule has 1 aliphatic rings. The maximum absolute atomic E-state index is 10.6. The summed E-state index contributed by atoms with van der Waals surface area (Å²) in [7, 11) is 2.12. The molecule has 0 saturated carbocycles. The summed E-state index contributed by atoms with van der Waals surface area (Å²) in [5.41, 5.74) is 4.27. The summed E-state index contributed by atoms with van der Waals surface area (Å²) >= 11 is 0. The van der Waals surface area contributed by atoms with Crippen molar-refractivity contribution in [2.24, 2.45) is 0 Å². The van der Waals surface area contributed by atoms with E-state index in [0.29, 0.717) is 0 Å². The smallest absolute Gasteiger partial charge is 0.122 e. The number of aliphatic hydroxyl groups excluding tert-OH is 1. The zero-order valence-electron chi connectivity index (χ0n) is 12.7. The van der Waals surface area contributed by atoms with E-state index in [0.717, 1.165) is 37.2 Å². The maximum atomic E-state index is 10.6. The molecule has 0 spiro atoms. The van der Waals surface area contributed by atoms with Crippen molar-refractivity contribution in [1.82, 2.24) is 15.0 Å². The lowest BCUT2D eigenvalue weighted by Crippen LogP contribution is -2.24. The summed E-state index contributed by atoms with van der Waals surface area (Å²) in [6.45, 7) is 3.97. The molecule has 0 amide bonds. The van der Waals surface area contributed by atoms with Crippen molar-refractivity contribution in [3.8, 4) is 0 Å². The number of nitrogens with zero attached hydrogens (tertiary/aromatic N) is 4. The van der Waals surface area contributed by atoms with Crippen molar-refractivity contribution in [1.29, 1.82) is 0 Å². The number of aryl methyl sites for hydroxylation is 2. The fourth-order valence-electron chi connectivity index (χ4n) is 3.01. The Kier molecular flexibility index (Phi) is 3.92. The van der Waals surface area contributed by atoms with Crippen molar-refractivity contribution in [2.75, 3.05) is 18.5 Å². The molecule has 0 bridgehead atoms. The summed E-state index contributed by atoms with van der Waals surface area (Å²) in [5, 5.41) is 18.6. The van der Waals surface area contributed by atoms with Gasteiger partial charge in [-0.15, -0.1) is 5.10 Å². The second-order valence-electron chi connectivity index (χ2n) is 5.70. The van der Waals surface area contributed by atoms with Gasteiger partial charge in [0.05, 0.1) is 11.9 Å². The number of aliphatic hydroxyl groups is 1. The maximum Gasteiger partial charge on any atom is 0.122 e. The molecule has 0 fully saturated rings. The number of hydrogen-bond acceptors (Lipinski definition) is 4. The molecule has 1 unspecified atom stereocenters.